The van der Waals surface area contributed by atoms with E-state index in [1.807, 2.05) is 6.07 Å². The van der Waals surface area contributed by atoms with Crippen molar-refractivity contribution in [2.75, 3.05) is 18.9 Å². The molecule has 1 aliphatic rings. The number of nitrogens with two attached hydrogens (primary N) is 1. The Labute approximate surface area is 85.0 Å². The zero-order chi connectivity index (χ0) is 9.26. The van der Waals surface area contributed by atoms with Gasteiger partial charge in [-0.2, -0.15) is 0 Å². The Morgan fingerprint density at radius 1 is 1.23 bits per heavy atom. The molecule has 1 aromatic rings. The number of hydrogen-bond donors (Lipinski definition) is 1. The van der Waals surface area contributed by atoms with Crippen LogP contribution in [0.25, 0.3) is 0 Å². The van der Waals surface area contributed by atoms with Crippen LogP contribution in [0.2, 0.25) is 0 Å². The third-order valence-corrected chi connectivity index (χ3v) is 2.41. The highest BCUT2D eigenvalue weighted by Gasteiger charge is 2.13. The van der Waals surface area contributed by atoms with Crippen LogP contribution in [0.3, 0.4) is 0 Å². The van der Waals surface area contributed by atoms with Gasteiger partial charge in [-0.15, -0.1) is 0 Å². The van der Waals surface area contributed by atoms with Gasteiger partial charge in [0, 0.05) is 18.2 Å². The topological polar surface area (TPSA) is 44.5 Å². The van der Waals surface area contributed by atoms with Gasteiger partial charge in [-0.3, -0.25) is 0 Å². The molecule has 0 spiro atoms. The first-order valence-corrected chi connectivity index (χ1v) is 4.91. The Morgan fingerprint density at radius 3 is 2.85 bits per heavy atom. The van der Waals surface area contributed by atoms with Crippen molar-refractivity contribution in [3.8, 4) is 11.5 Å². The average Bonchev–Trinajstić information content (AvgIpc) is 2.28. The smallest absolute Gasteiger partial charge is 0.175 e. The van der Waals surface area contributed by atoms with Crippen molar-refractivity contribution < 1.29 is 9.47 Å². The lowest BCUT2D eigenvalue weighted by Gasteiger charge is -2.09. The fraction of sp³-hybridized carbons (Fsp3) is 0.333. The Morgan fingerprint density at radius 2 is 2.00 bits per heavy atom. The number of rotatable bonds is 0. The molecule has 0 amide bonds. The van der Waals surface area contributed by atoms with Gasteiger partial charge in [-0.25, -0.2) is 0 Å². The summed E-state index contributed by atoms with van der Waals surface area (Å²) in [6, 6.07) is 3.60. The second-order valence-electron chi connectivity index (χ2n) is 2.88. The van der Waals surface area contributed by atoms with E-state index in [0.717, 1.165) is 22.4 Å². The summed E-state index contributed by atoms with van der Waals surface area (Å²) in [6.07, 6.45) is 0.904. The Bertz CT molecular complexity index is 328. The first-order valence-electron chi connectivity index (χ1n) is 4.12. The minimum atomic E-state index is 0.677. The van der Waals surface area contributed by atoms with E-state index in [1.54, 1.807) is 6.07 Å². The molecule has 1 aromatic carbocycles. The maximum Gasteiger partial charge on any atom is 0.175 e. The lowest BCUT2D eigenvalue weighted by Crippen LogP contribution is -1.97. The number of hydrogen-bond acceptors (Lipinski definition) is 3. The zero-order valence-electron chi connectivity index (χ0n) is 7.05. The quantitative estimate of drug-likeness (QED) is 0.711. The summed E-state index contributed by atoms with van der Waals surface area (Å²) in [7, 11) is 0. The third-order valence-electron chi connectivity index (χ3n) is 1.82. The van der Waals surface area contributed by atoms with Crippen molar-refractivity contribution in [1.29, 1.82) is 0 Å². The van der Waals surface area contributed by atoms with Gasteiger partial charge in [0.25, 0.3) is 0 Å². The molecule has 0 saturated heterocycles. The monoisotopic (exact) mass is 243 g/mol. The Hall–Kier alpha value is -0.900. The first kappa shape index (κ1) is 8.69. The molecule has 0 saturated carbocycles. The van der Waals surface area contributed by atoms with Crippen molar-refractivity contribution >= 4 is 21.6 Å². The van der Waals surface area contributed by atoms with Crippen LogP contribution in [0, 0.1) is 0 Å². The van der Waals surface area contributed by atoms with Gasteiger partial charge in [-0.1, -0.05) is 0 Å². The fourth-order valence-electron chi connectivity index (χ4n) is 1.25. The maximum atomic E-state index is 5.67. The molecule has 0 atom stereocenters. The van der Waals surface area contributed by atoms with Gasteiger partial charge in [0.15, 0.2) is 11.5 Å². The maximum absolute atomic E-state index is 5.67. The molecule has 0 aliphatic carbocycles. The second-order valence-corrected chi connectivity index (χ2v) is 3.73. The van der Waals surface area contributed by atoms with E-state index in [0.29, 0.717) is 18.9 Å². The molecule has 0 aromatic heterocycles. The van der Waals surface area contributed by atoms with Crippen LogP contribution < -0.4 is 15.2 Å². The molecule has 0 unspecified atom stereocenters. The van der Waals surface area contributed by atoms with E-state index in [-0.39, 0.29) is 0 Å². The standard InChI is InChI=1S/C9H10BrNO2/c10-7-4-6(11)5-8-9(7)13-3-1-2-12-8/h4-5H,1-3,11H2. The summed E-state index contributed by atoms with van der Waals surface area (Å²) in [6.45, 7) is 1.37. The van der Waals surface area contributed by atoms with Gasteiger partial charge >= 0.3 is 0 Å². The van der Waals surface area contributed by atoms with Crippen molar-refractivity contribution in [2.45, 2.75) is 6.42 Å². The largest absolute Gasteiger partial charge is 0.489 e. The van der Waals surface area contributed by atoms with Crippen LogP contribution in [0.1, 0.15) is 6.42 Å². The van der Waals surface area contributed by atoms with E-state index in [1.165, 1.54) is 0 Å². The molecule has 0 radical (unpaired) electrons. The Balaban J connectivity index is 2.47. The SMILES string of the molecule is Nc1cc(Br)c2c(c1)OCCCO2. The third kappa shape index (κ3) is 1.72. The minimum Gasteiger partial charge on any atom is -0.489 e. The highest BCUT2D eigenvalue weighted by molar-refractivity contribution is 9.10. The number of benzene rings is 1. The molecular formula is C9H10BrNO2. The molecule has 0 bridgehead atoms. The van der Waals surface area contributed by atoms with Crippen LogP contribution in [-0.2, 0) is 0 Å². The molecule has 70 valence electrons. The van der Waals surface area contributed by atoms with Crippen LogP contribution in [-0.4, -0.2) is 13.2 Å². The van der Waals surface area contributed by atoms with Crippen molar-refractivity contribution in [3.63, 3.8) is 0 Å². The number of halogens is 1. The van der Waals surface area contributed by atoms with Crippen molar-refractivity contribution in [2.24, 2.45) is 0 Å². The number of nitrogen functional groups attached to an aromatic ring is 1. The van der Waals surface area contributed by atoms with Crippen LogP contribution in [0.4, 0.5) is 5.69 Å². The molecule has 0 fully saturated rings. The second kappa shape index (κ2) is 3.46. The summed E-state index contributed by atoms with van der Waals surface area (Å²) in [5.41, 5.74) is 6.35. The first-order chi connectivity index (χ1) is 6.27. The number of fused-ring (bicyclic) bond motifs is 1. The fourth-order valence-corrected chi connectivity index (χ4v) is 1.82. The number of ether oxygens (including phenoxy) is 2. The van der Waals surface area contributed by atoms with Gasteiger partial charge in [-0.05, 0) is 22.0 Å². The molecule has 13 heavy (non-hydrogen) atoms. The summed E-state index contributed by atoms with van der Waals surface area (Å²) in [4.78, 5) is 0. The van der Waals surface area contributed by atoms with E-state index in [4.69, 9.17) is 15.2 Å². The van der Waals surface area contributed by atoms with E-state index < -0.39 is 0 Å². The van der Waals surface area contributed by atoms with Crippen LogP contribution >= 0.6 is 15.9 Å². The summed E-state index contributed by atoms with van der Waals surface area (Å²) in [5, 5.41) is 0. The van der Waals surface area contributed by atoms with Gasteiger partial charge in [0.2, 0.25) is 0 Å². The molecule has 2 rings (SSSR count). The van der Waals surface area contributed by atoms with Crippen LogP contribution in [0.15, 0.2) is 16.6 Å². The lowest BCUT2D eigenvalue weighted by atomic mass is 10.3. The Kier molecular flexibility index (Phi) is 2.31. The summed E-state index contributed by atoms with van der Waals surface area (Å²) >= 11 is 3.38. The number of anilines is 1. The highest BCUT2D eigenvalue weighted by Crippen LogP contribution is 2.38. The summed E-state index contributed by atoms with van der Waals surface area (Å²) < 4.78 is 11.8. The van der Waals surface area contributed by atoms with Gasteiger partial charge in [0.1, 0.15) is 0 Å². The molecule has 3 nitrogen and oxygen atoms in total. The predicted octanol–water partition coefficient (Wildman–Crippen LogP) is 2.19. The van der Waals surface area contributed by atoms with Crippen LogP contribution in [0.5, 0.6) is 11.5 Å². The molecule has 2 N–H and O–H groups in total. The minimum absolute atomic E-state index is 0.677. The summed E-state index contributed by atoms with van der Waals surface area (Å²) in [5.74, 6) is 1.48. The molecule has 1 aliphatic heterocycles. The zero-order valence-corrected chi connectivity index (χ0v) is 8.63. The normalized spacial score (nSPS) is 15.2. The average molecular weight is 244 g/mol. The predicted molar refractivity (Wildman–Crippen MR) is 54.2 cm³/mol. The molecule has 4 heteroatoms. The van der Waals surface area contributed by atoms with Gasteiger partial charge in [0.05, 0.1) is 17.7 Å². The van der Waals surface area contributed by atoms with Gasteiger partial charge < -0.3 is 15.2 Å². The highest BCUT2D eigenvalue weighted by atomic mass is 79.9. The van der Waals surface area contributed by atoms with E-state index in [9.17, 15) is 0 Å². The van der Waals surface area contributed by atoms with E-state index in [2.05, 4.69) is 15.9 Å². The molecular weight excluding hydrogens is 234 g/mol. The van der Waals surface area contributed by atoms with Crippen molar-refractivity contribution in [3.05, 3.63) is 16.6 Å². The molecule has 1 heterocycles. The van der Waals surface area contributed by atoms with Crippen molar-refractivity contribution in [1.82, 2.24) is 0 Å². The lowest BCUT2D eigenvalue weighted by molar-refractivity contribution is 0.296. The van der Waals surface area contributed by atoms with E-state index >= 15 is 0 Å².